The minimum absolute atomic E-state index is 0.305. The van der Waals surface area contributed by atoms with E-state index < -0.39 is 6.10 Å². The lowest BCUT2D eigenvalue weighted by molar-refractivity contribution is 0.0994. The second-order valence-electron chi connectivity index (χ2n) is 4.38. The Morgan fingerprint density at radius 3 is 3.06 bits per heavy atom. The molecule has 2 unspecified atom stereocenters. The van der Waals surface area contributed by atoms with Gasteiger partial charge in [-0.3, -0.25) is 0 Å². The van der Waals surface area contributed by atoms with Gasteiger partial charge in [0.25, 0.3) is 0 Å². The summed E-state index contributed by atoms with van der Waals surface area (Å²) in [5, 5.41) is 11.8. The highest BCUT2D eigenvalue weighted by Crippen LogP contribution is 2.37. The van der Waals surface area contributed by atoms with E-state index in [-0.39, 0.29) is 0 Å². The quantitative estimate of drug-likeness (QED) is 0.898. The zero-order valence-corrected chi connectivity index (χ0v) is 10.8. The number of aliphatic hydroxyl groups is 1. The standard InChI is InChI=1S/C13H13ClO2S/c14-10-3-1-2-8-6-11(16-13(8)10)12(15)9-4-5-17-7-9/h1-3,6,9,12,15H,4-5,7H2. The molecular formula is C13H13ClO2S. The molecule has 1 N–H and O–H groups in total. The van der Waals surface area contributed by atoms with Gasteiger partial charge in [0.1, 0.15) is 11.9 Å². The van der Waals surface area contributed by atoms with Crippen molar-refractivity contribution in [2.45, 2.75) is 12.5 Å². The lowest BCUT2D eigenvalue weighted by Gasteiger charge is -2.13. The van der Waals surface area contributed by atoms with Gasteiger partial charge in [0.05, 0.1) is 5.02 Å². The Kier molecular flexibility index (Phi) is 3.07. The summed E-state index contributed by atoms with van der Waals surface area (Å²) < 4.78 is 5.68. The number of halogens is 1. The summed E-state index contributed by atoms with van der Waals surface area (Å²) in [7, 11) is 0. The molecule has 2 nitrogen and oxygen atoms in total. The van der Waals surface area contributed by atoms with Gasteiger partial charge in [-0.25, -0.2) is 0 Å². The maximum absolute atomic E-state index is 10.3. The third-order valence-electron chi connectivity index (χ3n) is 3.22. The van der Waals surface area contributed by atoms with E-state index in [1.165, 1.54) is 0 Å². The highest BCUT2D eigenvalue weighted by atomic mass is 35.5. The van der Waals surface area contributed by atoms with Crippen molar-refractivity contribution >= 4 is 34.3 Å². The molecule has 1 fully saturated rings. The maximum Gasteiger partial charge on any atom is 0.152 e. The number of thioether (sulfide) groups is 1. The maximum atomic E-state index is 10.3. The molecule has 0 radical (unpaired) electrons. The smallest absolute Gasteiger partial charge is 0.152 e. The van der Waals surface area contributed by atoms with Gasteiger partial charge < -0.3 is 9.52 Å². The Hall–Kier alpha value is -0.640. The van der Waals surface area contributed by atoms with Crippen LogP contribution in [0.5, 0.6) is 0 Å². The zero-order chi connectivity index (χ0) is 11.8. The molecule has 2 heterocycles. The molecule has 0 saturated carbocycles. The number of furan rings is 1. The number of fused-ring (bicyclic) bond motifs is 1. The minimum atomic E-state index is -0.506. The molecule has 1 aliphatic heterocycles. The van der Waals surface area contributed by atoms with Crippen LogP contribution in [0.3, 0.4) is 0 Å². The summed E-state index contributed by atoms with van der Waals surface area (Å²) in [6.45, 7) is 0. The fourth-order valence-electron chi connectivity index (χ4n) is 2.23. The van der Waals surface area contributed by atoms with Crippen LogP contribution in [-0.2, 0) is 0 Å². The van der Waals surface area contributed by atoms with Crippen LogP contribution in [0.4, 0.5) is 0 Å². The van der Waals surface area contributed by atoms with Crippen LogP contribution in [0.15, 0.2) is 28.7 Å². The third-order valence-corrected chi connectivity index (χ3v) is 4.70. The molecule has 1 aromatic carbocycles. The molecule has 0 spiro atoms. The topological polar surface area (TPSA) is 33.4 Å². The van der Waals surface area contributed by atoms with E-state index in [1.807, 2.05) is 30.0 Å². The van der Waals surface area contributed by atoms with Gasteiger partial charge in [0.2, 0.25) is 0 Å². The number of para-hydroxylation sites is 1. The van der Waals surface area contributed by atoms with Gasteiger partial charge in [0, 0.05) is 11.3 Å². The highest BCUT2D eigenvalue weighted by Gasteiger charge is 2.27. The second kappa shape index (κ2) is 4.56. The lowest BCUT2D eigenvalue weighted by Crippen LogP contribution is -2.10. The van der Waals surface area contributed by atoms with Gasteiger partial charge in [-0.2, -0.15) is 11.8 Å². The van der Waals surface area contributed by atoms with Crippen LogP contribution in [-0.4, -0.2) is 16.6 Å². The molecule has 2 atom stereocenters. The Labute approximate surface area is 109 Å². The van der Waals surface area contributed by atoms with Crippen molar-refractivity contribution in [1.82, 2.24) is 0 Å². The molecule has 1 saturated heterocycles. The summed E-state index contributed by atoms with van der Waals surface area (Å²) >= 11 is 7.94. The predicted molar refractivity (Wildman–Crippen MR) is 71.6 cm³/mol. The fourth-order valence-corrected chi connectivity index (χ4v) is 3.74. The average molecular weight is 269 g/mol. The van der Waals surface area contributed by atoms with E-state index in [0.717, 1.165) is 23.3 Å². The first kappa shape index (κ1) is 11.5. The fraction of sp³-hybridized carbons (Fsp3) is 0.385. The van der Waals surface area contributed by atoms with E-state index in [9.17, 15) is 5.11 Å². The minimum Gasteiger partial charge on any atom is -0.457 e. The highest BCUT2D eigenvalue weighted by molar-refractivity contribution is 7.99. The van der Waals surface area contributed by atoms with Crippen LogP contribution in [0.25, 0.3) is 11.0 Å². The van der Waals surface area contributed by atoms with Crippen molar-refractivity contribution in [1.29, 1.82) is 0 Å². The molecule has 3 rings (SSSR count). The van der Waals surface area contributed by atoms with Gasteiger partial charge >= 0.3 is 0 Å². The van der Waals surface area contributed by atoms with Crippen molar-refractivity contribution in [2.75, 3.05) is 11.5 Å². The van der Waals surface area contributed by atoms with E-state index >= 15 is 0 Å². The Balaban J connectivity index is 1.97. The molecule has 2 aromatic rings. The van der Waals surface area contributed by atoms with Crippen LogP contribution < -0.4 is 0 Å². The van der Waals surface area contributed by atoms with Crippen LogP contribution in [0.1, 0.15) is 18.3 Å². The molecule has 17 heavy (non-hydrogen) atoms. The van der Waals surface area contributed by atoms with Crippen molar-refractivity contribution in [3.05, 3.63) is 35.0 Å². The number of aliphatic hydroxyl groups excluding tert-OH is 1. The van der Waals surface area contributed by atoms with E-state index in [1.54, 1.807) is 6.07 Å². The second-order valence-corrected chi connectivity index (χ2v) is 5.93. The lowest BCUT2D eigenvalue weighted by atomic mass is 10.00. The molecule has 1 aromatic heterocycles. The molecule has 90 valence electrons. The summed E-state index contributed by atoms with van der Waals surface area (Å²) in [6.07, 6.45) is 0.546. The van der Waals surface area contributed by atoms with Crippen molar-refractivity contribution in [3.8, 4) is 0 Å². The van der Waals surface area contributed by atoms with E-state index in [4.69, 9.17) is 16.0 Å². The first-order chi connectivity index (χ1) is 8.25. The molecule has 4 heteroatoms. The molecular weight excluding hydrogens is 256 g/mol. The number of benzene rings is 1. The largest absolute Gasteiger partial charge is 0.457 e. The van der Waals surface area contributed by atoms with Crippen LogP contribution in [0, 0.1) is 5.92 Å². The molecule has 0 aliphatic carbocycles. The van der Waals surface area contributed by atoms with Gasteiger partial charge in [-0.05, 0) is 30.1 Å². The Bertz CT molecular complexity index is 531. The summed E-state index contributed by atoms with van der Waals surface area (Å²) in [4.78, 5) is 0. The van der Waals surface area contributed by atoms with Crippen LogP contribution in [0.2, 0.25) is 5.02 Å². The number of hydrogen-bond acceptors (Lipinski definition) is 3. The van der Waals surface area contributed by atoms with Crippen molar-refractivity contribution in [3.63, 3.8) is 0 Å². The average Bonchev–Trinajstić information content (AvgIpc) is 2.98. The van der Waals surface area contributed by atoms with Gasteiger partial charge in [-0.1, -0.05) is 23.7 Å². The summed E-state index contributed by atoms with van der Waals surface area (Å²) in [5.41, 5.74) is 0.675. The van der Waals surface area contributed by atoms with Gasteiger partial charge in [-0.15, -0.1) is 0 Å². The normalized spacial score (nSPS) is 22.1. The SMILES string of the molecule is OC(c1cc2cccc(Cl)c2o1)C1CCSC1. The molecule has 0 amide bonds. The number of hydrogen-bond donors (Lipinski definition) is 1. The number of rotatable bonds is 2. The first-order valence-corrected chi connectivity index (χ1v) is 7.23. The zero-order valence-electron chi connectivity index (χ0n) is 9.23. The van der Waals surface area contributed by atoms with Crippen LogP contribution >= 0.6 is 23.4 Å². The Morgan fingerprint density at radius 1 is 1.47 bits per heavy atom. The molecule has 0 bridgehead atoms. The van der Waals surface area contributed by atoms with E-state index in [2.05, 4.69) is 0 Å². The van der Waals surface area contributed by atoms with Crippen molar-refractivity contribution < 1.29 is 9.52 Å². The third kappa shape index (κ3) is 2.07. The first-order valence-electron chi connectivity index (χ1n) is 5.69. The predicted octanol–water partition coefficient (Wildman–Crippen LogP) is 3.87. The van der Waals surface area contributed by atoms with Gasteiger partial charge in [0.15, 0.2) is 5.58 Å². The summed E-state index contributed by atoms with van der Waals surface area (Å²) in [5.74, 6) is 3.08. The summed E-state index contributed by atoms with van der Waals surface area (Å²) in [6, 6.07) is 7.54. The molecule has 1 aliphatic rings. The monoisotopic (exact) mass is 268 g/mol. The van der Waals surface area contributed by atoms with E-state index in [0.29, 0.717) is 22.3 Å². The van der Waals surface area contributed by atoms with Crippen molar-refractivity contribution in [2.24, 2.45) is 5.92 Å². The Morgan fingerprint density at radius 2 is 2.35 bits per heavy atom.